The molecule has 6 heteroatoms. The van der Waals surface area contributed by atoms with Gasteiger partial charge in [0.2, 0.25) is 0 Å². The number of benzene rings is 2. The average molecular weight is 369 g/mol. The predicted octanol–water partition coefficient (Wildman–Crippen LogP) is 1.85. The molecule has 5 atom stereocenters. The number of carbonyl (C=O) groups is 1. The number of methoxy groups -OCH3 is 1. The van der Waals surface area contributed by atoms with Gasteiger partial charge in [0.15, 0.2) is 0 Å². The number of aldehydes is 1. The number of carbonyl (C=O) groups excluding carboxylic acids is 1. The van der Waals surface area contributed by atoms with Crippen LogP contribution in [0.25, 0.3) is 0 Å². The van der Waals surface area contributed by atoms with Crippen molar-refractivity contribution in [2.24, 2.45) is 11.7 Å². The summed E-state index contributed by atoms with van der Waals surface area (Å²) in [4.78, 5) is 11.8. The summed E-state index contributed by atoms with van der Waals surface area (Å²) in [6.07, 6.45) is -0.343. The lowest BCUT2D eigenvalue weighted by molar-refractivity contribution is -0.114. The quantitative estimate of drug-likeness (QED) is 0.755. The number of rotatable bonds is 6. The zero-order valence-corrected chi connectivity index (χ0v) is 15.1. The maximum absolute atomic E-state index is 11.8. The van der Waals surface area contributed by atoms with Crippen LogP contribution in [0.2, 0.25) is 0 Å². The van der Waals surface area contributed by atoms with Gasteiger partial charge in [-0.1, -0.05) is 30.3 Å². The van der Waals surface area contributed by atoms with E-state index >= 15 is 0 Å². The van der Waals surface area contributed by atoms with Crippen LogP contribution in [0, 0.1) is 5.92 Å². The lowest BCUT2D eigenvalue weighted by Crippen LogP contribution is -2.24. The Balaban J connectivity index is 1.76. The SMILES string of the molecule is COc1cc(OCCN)cc2c1C1C(O)C(C=O)[C@@H](c3ccccc3)C1O2. The number of ether oxygens (including phenoxy) is 3. The van der Waals surface area contributed by atoms with E-state index in [-0.39, 0.29) is 17.9 Å². The second-order valence-corrected chi connectivity index (χ2v) is 6.92. The molecule has 4 rings (SSSR count). The zero-order valence-electron chi connectivity index (χ0n) is 15.1. The largest absolute Gasteiger partial charge is 0.496 e. The van der Waals surface area contributed by atoms with E-state index in [4.69, 9.17) is 19.9 Å². The molecule has 2 aromatic carbocycles. The van der Waals surface area contributed by atoms with Gasteiger partial charge in [-0.05, 0) is 5.56 Å². The third kappa shape index (κ3) is 2.85. The minimum Gasteiger partial charge on any atom is -0.496 e. The normalized spacial score (nSPS) is 28.2. The van der Waals surface area contributed by atoms with E-state index in [1.165, 1.54) is 0 Å². The molecule has 0 amide bonds. The first-order valence-electron chi connectivity index (χ1n) is 9.09. The van der Waals surface area contributed by atoms with Gasteiger partial charge in [0.1, 0.15) is 36.2 Å². The topological polar surface area (TPSA) is 91.0 Å². The molecule has 0 radical (unpaired) electrons. The number of aliphatic hydroxyl groups excluding tert-OH is 1. The van der Waals surface area contributed by atoms with Crippen LogP contribution < -0.4 is 19.9 Å². The number of hydrogen-bond acceptors (Lipinski definition) is 6. The Morgan fingerprint density at radius 2 is 2.00 bits per heavy atom. The first-order chi connectivity index (χ1) is 13.2. The van der Waals surface area contributed by atoms with Gasteiger partial charge in [0.25, 0.3) is 0 Å². The van der Waals surface area contributed by atoms with Crippen LogP contribution >= 0.6 is 0 Å². The zero-order chi connectivity index (χ0) is 19.0. The van der Waals surface area contributed by atoms with Crippen molar-refractivity contribution in [2.45, 2.75) is 24.0 Å². The second kappa shape index (κ2) is 7.21. The van der Waals surface area contributed by atoms with Crippen LogP contribution in [0.3, 0.4) is 0 Å². The lowest BCUT2D eigenvalue weighted by Gasteiger charge is -2.22. The molecule has 6 nitrogen and oxygen atoms in total. The molecule has 1 heterocycles. The summed E-state index contributed by atoms with van der Waals surface area (Å²) >= 11 is 0. The molecule has 0 spiro atoms. The molecule has 27 heavy (non-hydrogen) atoms. The van der Waals surface area contributed by atoms with Crippen LogP contribution in [-0.4, -0.2) is 43.9 Å². The highest BCUT2D eigenvalue weighted by Gasteiger charge is 2.57. The van der Waals surface area contributed by atoms with Gasteiger partial charge in [-0.25, -0.2) is 0 Å². The van der Waals surface area contributed by atoms with Gasteiger partial charge < -0.3 is 29.8 Å². The van der Waals surface area contributed by atoms with Crippen LogP contribution in [0.1, 0.15) is 23.0 Å². The Hall–Kier alpha value is -2.57. The molecule has 2 aliphatic rings. The van der Waals surface area contributed by atoms with Gasteiger partial charge in [0.05, 0.1) is 25.0 Å². The fraction of sp³-hybridized carbons (Fsp3) is 0.381. The minimum absolute atomic E-state index is 0.228. The second-order valence-electron chi connectivity index (χ2n) is 6.92. The fourth-order valence-corrected chi connectivity index (χ4v) is 4.40. The standard InChI is InChI=1S/C21H23NO5/c1-25-15-9-13(26-8-7-22)10-16-18(15)19-20(24)14(11-23)17(21(19)27-16)12-5-3-2-4-6-12/h2-6,9-11,14,17,19-21,24H,7-8,22H2,1H3/t14?,17-,19?,20?,21?/m1/s1. The molecule has 1 saturated carbocycles. The van der Waals surface area contributed by atoms with Crippen molar-refractivity contribution in [3.63, 3.8) is 0 Å². The highest BCUT2D eigenvalue weighted by Crippen LogP contribution is 2.58. The summed E-state index contributed by atoms with van der Waals surface area (Å²) in [5.74, 6) is 0.723. The van der Waals surface area contributed by atoms with Gasteiger partial charge in [-0.3, -0.25) is 0 Å². The number of aliphatic hydroxyl groups is 1. The molecule has 4 unspecified atom stereocenters. The monoisotopic (exact) mass is 369 g/mol. The molecular formula is C21H23NO5. The van der Waals surface area contributed by atoms with Crippen LogP contribution in [0.4, 0.5) is 0 Å². The molecule has 1 fully saturated rings. The first-order valence-corrected chi connectivity index (χ1v) is 9.09. The lowest BCUT2D eigenvalue weighted by atomic mass is 9.88. The number of hydrogen-bond donors (Lipinski definition) is 2. The third-order valence-corrected chi connectivity index (χ3v) is 5.51. The fourth-order valence-electron chi connectivity index (χ4n) is 4.40. The number of fused-ring (bicyclic) bond motifs is 3. The van der Waals surface area contributed by atoms with Crippen LogP contribution in [0.5, 0.6) is 17.2 Å². The van der Waals surface area contributed by atoms with Gasteiger partial charge >= 0.3 is 0 Å². The van der Waals surface area contributed by atoms with E-state index in [2.05, 4.69) is 0 Å². The molecular weight excluding hydrogens is 346 g/mol. The Labute approximate surface area is 157 Å². The maximum atomic E-state index is 11.8. The van der Waals surface area contributed by atoms with Crippen molar-refractivity contribution in [1.82, 2.24) is 0 Å². The highest BCUT2D eigenvalue weighted by molar-refractivity contribution is 5.64. The van der Waals surface area contributed by atoms with Crippen molar-refractivity contribution in [1.29, 1.82) is 0 Å². The molecule has 142 valence electrons. The van der Waals surface area contributed by atoms with E-state index < -0.39 is 12.0 Å². The Kier molecular flexibility index (Phi) is 4.76. The number of nitrogens with two attached hydrogens (primary N) is 1. The average Bonchev–Trinajstić information content (AvgIpc) is 3.20. The third-order valence-electron chi connectivity index (χ3n) is 5.51. The molecule has 1 aliphatic heterocycles. The van der Waals surface area contributed by atoms with Gasteiger partial charge in [-0.15, -0.1) is 0 Å². The smallest absolute Gasteiger partial charge is 0.130 e. The molecule has 1 aliphatic carbocycles. The Bertz CT molecular complexity index is 825. The van der Waals surface area contributed by atoms with Crippen molar-refractivity contribution >= 4 is 6.29 Å². The van der Waals surface area contributed by atoms with Crippen molar-refractivity contribution < 1.29 is 24.1 Å². The minimum atomic E-state index is -0.844. The van der Waals surface area contributed by atoms with Crippen LogP contribution in [-0.2, 0) is 4.79 Å². The summed E-state index contributed by atoms with van der Waals surface area (Å²) < 4.78 is 17.4. The Morgan fingerprint density at radius 1 is 1.22 bits per heavy atom. The molecule has 0 saturated heterocycles. The van der Waals surface area contributed by atoms with E-state index in [1.54, 1.807) is 19.2 Å². The van der Waals surface area contributed by atoms with Gasteiger partial charge in [0, 0.05) is 30.2 Å². The van der Waals surface area contributed by atoms with Crippen molar-refractivity contribution in [3.05, 3.63) is 53.6 Å². The van der Waals surface area contributed by atoms with Gasteiger partial charge in [-0.2, -0.15) is 0 Å². The Morgan fingerprint density at radius 3 is 2.67 bits per heavy atom. The highest BCUT2D eigenvalue weighted by atomic mass is 16.5. The molecule has 0 bridgehead atoms. The van der Waals surface area contributed by atoms with E-state index in [1.807, 2.05) is 30.3 Å². The first kappa shape index (κ1) is 17.8. The van der Waals surface area contributed by atoms with Crippen LogP contribution in [0.15, 0.2) is 42.5 Å². The van der Waals surface area contributed by atoms with E-state index in [0.717, 1.165) is 17.4 Å². The maximum Gasteiger partial charge on any atom is 0.130 e. The summed E-state index contributed by atoms with van der Waals surface area (Å²) in [7, 11) is 1.57. The summed E-state index contributed by atoms with van der Waals surface area (Å²) in [6.45, 7) is 0.790. The van der Waals surface area contributed by atoms with E-state index in [9.17, 15) is 9.90 Å². The molecule has 2 aromatic rings. The molecule has 3 N–H and O–H groups in total. The summed E-state index contributed by atoms with van der Waals surface area (Å²) in [5, 5.41) is 11.0. The molecule has 0 aromatic heterocycles. The summed E-state index contributed by atoms with van der Waals surface area (Å²) in [6, 6.07) is 13.3. The van der Waals surface area contributed by atoms with Crippen molar-refractivity contribution in [3.8, 4) is 17.2 Å². The predicted molar refractivity (Wildman–Crippen MR) is 99.4 cm³/mol. The van der Waals surface area contributed by atoms with Crippen molar-refractivity contribution in [2.75, 3.05) is 20.3 Å². The summed E-state index contributed by atoms with van der Waals surface area (Å²) in [5.41, 5.74) is 7.28. The van der Waals surface area contributed by atoms with E-state index in [0.29, 0.717) is 30.4 Å².